The quantitative estimate of drug-likeness (QED) is 0.472. The molecule has 1 aliphatic carbocycles. The van der Waals surface area contributed by atoms with E-state index in [1.165, 1.54) is 6.07 Å². The molecule has 162 valence electrons. The van der Waals surface area contributed by atoms with Crippen LogP contribution >= 0.6 is 0 Å². The molecule has 6 heteroatoms. The van der Waals surface area contributed by atoms with Crippen molar-refractivity contribution in [2.45, 2.75) is 31.0 Å². The van der Waals surface area contributed by atoms with Gasteiger partial charge in [-0.3, -0.25) is 4.79 Å². The van der Waals surface area contributed by atoms with Gasteiger partial charge in [-0.15, -0.1) is 0 Å². The van der Waals surface area contributed by atoms with Gasteiger partial charge in [0, 0.05) is 17.7 Å². The minimum absolute atomic E-state index is 0.0161. The number of nitrogens with one attached hydrogen (secondary N) is 2. The van der Waals surface area contributed by atoms with Crippen LogP contribution in [0.25, 0.3) is 0 Å². The van der Waals surface area contributed by atoms with Crippen LogP contribution in [0, 0.1) is 0 Å². The third-order valence-electron chi connectivity index (χ3n) is 6.13. The van der Waals surface area contributed by atoms with Gasteiger partial charge >= 0.3 is 6.18 Å². The summed E-state index contributed by atoms with van der Waals surface area (Å²) in [6.45, 7) is 0. The van der Waals surface area contributed by atoms with Crippen LogP contribution in [0.15, 0.2) is 90.1 Å². The molecule has 1 heterocycles. The van der Waals surface area contributed by atoms with Crippen LogP contribution in [-0.4, -0.2) is 5.78 Å². The molecule has 0 aromatic heterocycles. The number of rotatable bonds is 2. The Morgan fingerprint density at radius 1 is 0.781 bits per heavy atom. The largest absolute Gasteiger partial charge is 0.416 e. The van der Waals surface area contributed by atoms with Crippen molar-refractivity contribution in [1.82, 2.24) is 0 Å². The Morgan fingerprint density at radius 3 is 2.22 bits per heavy atom. The van der Waals surface area contributed by atoms with Crippen molar-refractivity contribution in [2.24, 2.45) is 0 Å². The molecule has 0 saturated heterocycles. The summed E-state index contributed by atoms with van der Waals surface area (Å²) in [5.74, 6) is -0.0438. The number of alkyl halides is 3. The molecule has 2 unspecified atom stereocenters. The van der Waals surface area contributed by atoms with E-state index in [0.717, 1.165) is 34.8 Å². The van der Waals surface area contributed by atoms with Crippen molar-refractivity contribution >= 4 is 17.2 Å². The summed E-state index contributed by atoms with van der Waals surface area (Å²) in [6.07, 6.45) is -3.53. The van der Waals surface area contributed by atoms with Gasteiger partial charge in [-0.25, -0.2) is 0 Å². The van der Waals surface area contributed by atoms with Crippen molar-refractivity contribution in [1.29, 1.82) is 0 Å². The van der Waals surface area contributed by atoms with Gasteiger partial charge in [-0.1, -0.05) is 54.6 Å². The second kappa shape index (κ2) is 7.86. The van der Waals surface area contributed by atoms with Crippen LogP contribution in [0.5, 0.6) is 0 Å². The molecule has 0 fully saturated rings. The highest BCUT2D eigenvalue weighted by Crippen LogP contribution is 2.44. The van der Waals surface area contributed by atoms with E-state index in [2.05, 4.69) is 10.6 Å². The molecule has 2 aliphatic rings. The van der Waals surface area contributed by atoms with Gasteiger partial charge in [0.15, 0.2) is 5.78 Å². The fraction of sp³-hybridized carbons (Fsp3) is 0.192. The molecule has 2 atom stereocenters. The summed E-state index contributed by atoms with van der Waals surface area (Å²) in [4.78, 5) is 13.4. The maximum absolute atomic E-state index is 13.4. The van der Waals surface area contributed by atoms with Crippen molar-refractivity contribution < 1.29 is 18.0 Å². The summed E-state index contributed by atoms with van der Waals surface area (Å²) in [5, 5.41) is 6.74. The summed E-state index contributed by atoms with van der Waals surface area (Å²) in [5.41, 5.74) is 3.58. The lowest BCUT2D eigenvalue weighted by atomic mass is 9.78. The standard InChI is InChI=1S/C26H21F3N2O/c27-26(28,29)19-10-6-9-17(13-19)25-24-22(30-20-11-4-5-12-21(20)31-25)14-18(15-23(24)32)16-7-2-1-3-8-16/h1-13,18,25,30-31H,14-15H2. The van der Waals surface area contributed by atoms with Gasteiger partial charge in [0.05, 0.1) is 23.0 Å². The van der Waals surface area contributed by atoms with E-state index < -0.39 is 17.8 Å². The Balaban J connectivity index is 1.62. The number of allylic oxidation sites excluding steroid dienone is 1. The van der Waals surface area contributed by atoms with E-state index >= 15 is 0 Å². The van der Waals surface area contributed by atoms with E-state index in [0.29, 0.717) is 24.0 Å². The molecule has 5 rings (SSSR count). The van der Waals surface area contributed by atoms with Gasteiger partial charge < -0.3 is 10.6 Å². The molecule has 3 nitrogen and oxygen atoms in total. The van der Waals surface area contributed by atoms with Crippen LogP contribution < -0.4 is 10.6 Å². The zero-order valence-corrected chi connectivity index (χ0v) is 17.1. The summed E-state index contributed by atoms with van der Waals surface area (Å²) >= 11 is 0. The van der Waals surface area contributed by atoms with Crippen LogP contribution in [0.1, 0.15) is 41.5 Å². The molecule has 0 saturated carbocycles. The first-order valence-electron chi connectivity index (χ1n) is 10.5. The third kappa shape index (κ3) is 3.77. The SMILES string of the molecule is O=C1CC(c2ccccc2)CC2=C1C(c1cccc(C(F)(F)F)c1)Nc1ccccc1N2. The van der Waals surface area contributed by atoms with Crippen LogP contribution in [0.2, 0.25) is 0 Å². The van der Waals surface area contributed by atoms with E-state index in [1.807, 2.05) is 54.6 Å². The predicted octanol–water partition coefficient (Wildman–Crippen LogP) is 6.68. The number of Topliss-reactive ketones (excluding diaryl/α,β-unsaturated/α-hetero) is 1. The summed E-state index contributed by atoms with van der Waals surface area (Å²) < 4.78 is 40.2. The van der Waals surface area contributed by atoms with Gasteiger partial charge in [0.25, 0.3) is 0 Å². The molecular weight excluding hydrogens is 413 g/mol. The maximum atomic E-state index is 13.4. The number of hydrogen-bond donors (Lipinski definition) is 2. The van der Waals surface area contributed by atoms with E-state index in [4.69, 9.17) is 0 Å². The first-order valence-corrected chi connectivity index (χ1v) is 10.5. The molecule has 0 bridgehead atoms. The molecule has 3 aromatic carbocycles. The van der Waals surface area contributed by atoms with Crippen LogP contribution in [-0.2, 0) is 11.0 Å². The zero-order valence-electron chi connectivity index (χ0n) is 17.1. The van der Waals surface area contributed by atoms with E-state index in [9.17, 15) is 18.0 Å². The number of benzene rings is 3. The third-order valence-corrected chi connectivity index (χ3v) is 6.13. The molecule has 0 amide bonds. The minimum atomic E-state index is -4.46. The summed E-state index contributed by atoms with van der Waals surface area (Å²) in [7, 11) is 0. The Hall–Kier alpha value is -3.54. The Labute approximate surface area is 184 Å². The van der Waals surface area contributed by atoms with Crippen molar-refractivity contribution in [3.05, 3.63) is 107 Å². The van der Waals surface area contributed by atoms with Gasteiger partial charge in [0.1, 0.15) is 0 Å². The molecule has 1 aliphatic heterocycles. The molecule has 3 aromatic rings. The smallest absolute Gasteiger partial charge is 0.372 e. The number of halogens is 3. The fourth-order valence-corrected chi connectivity index (χ4v) is 4.60. The number of fused-ring (bicyclic) bond motifs is 1. The lowest BCUT2D eigenvalue weighted by Gasteiger charge is -2.30. The highest BCUT2D eigenvalue weighted by molar-refractivity contribution is 6.01. The number of hydrogen-bond acceptors (Lipinski definition) is 3. The van der Waals surface area contributed by atoms with Crippen LogP contribution in [0.3, 0.4) is 0 Å². The predicted molar refractivity (Wildman–Crippen MR) is 118 cm³/mol. The van der Waals surface area contributed by atoms with Gasteiger partial charge in [-0.2, -0.15) is 13.2 Å². The number of ketones is 1. The monoisotopic (exact) mass is 434 g/mol. The van der Waals surface area contributed by atoms with Crippen molar-refractivity contribution in [2.75, 3.05) is 10.6 Å². The highest BCUT2D eigenvalue weighted by Gasteiger charge is 2.37. The van der Waals surface area contributed by atoms with Crippen LogP contribution in [0.4, 0.5) is 24.5 Å². The fourth-order valence-electron chi connectivity index (χ4n) is 4.60. The molecular formula is C26H21F3N2O. The highest BCUT2D eigenvalue weighted by atomic mass is 19.4. The Kier molecular flexibility index (Phi) is 5.00. The molecule has 32 heavy (non-hydrogen) atoms. The van der Waals surface area contributed by atoms with Gasteiger partial charge in [0.2, 0.25) is 0 Å². The first kappa shape index (κ1) is 20.4. The number of carbonyl (C=O) groups excluding carboxylic acids is 1. The second-order valence-electron chi connectivity index (χ2n) is 8.20. The second-order valence-corrected chi connectivity index (χ2v) is 8.20. The number of anilines is 2. The molecule has 2 N–H and O–H groups in total. The number of para-hydroxylation sites is 2. The van der Waals surface area contributed by atoms with E-state index in [-0.39, 0.29) is 11.7 Å². The summed E-state index contributed by atoms with van der Waals surface area (Å²) in [6, 6.07) is 21.9. The normalized spacial score (nSPS) is 20.5. The Bertz CT molecular complexity index is 1200. The van der Waals surface area contributed by atoms with Crippen molar-refractivity contribution in [3.63, 3.8) is 0 Å². The molecule has 0 radical (unpaired) electrons. The van der Waals surface area contributed by atoms with Gasteiger partial charge in [-0.05, 0) is 47.7 Å². The average molecular weight is 434 g/mol. The molecule has 0 spiro atoms. The lowest BCUT2D eigenvalue weighted by Crippen LogP contribution is -2.27. The topological polar surface area (TPSA) is 41.1 Å². The van der Waals surface area contributed by atoms with Crippen molar-refractivity contribution in [3.8, 4) is 0 Å². The first-order chi connectivity index (χ1) is 15.4. The zero-order chi connectivity index (χ0) is 22.3. The minimum Gasteiger partial charge on any atom is -0.372 e. The van der Waals surface area contributed by atoms with E-state index in [1.54, 1.807) is 6.07 Å². The maximum Gasteiger partial charge on any atom is 0.416 e. The lowest BCUT2D eigenvalue weighted by molar-refractivity contribution is -0.137. The number of carbonyl (C=O) groups is 1. The average Bonchev–Trinajstić information content (AvgIpc) is 2.96. The Morgan fingerprint density at radius 2 is 1.47 bits per heavy atom.